The van der Waals surface area contributed by atoms with Gasteiger partial charge in [0, 0.05) is 23.2 Å². The van der Waals surface area contributed by atoms with E-state index in [2.05, 4.69) is 15.9 Å². The maximum absolute atomic E-state index is 12.6. The number of halogens is 1. The van der Waals surface area contributed by atoms with Crippen LogP contribution in [-0.4, -0.2) is 47.4 Å². The number of carbonyl (C=O) groups excluding carboxylic acids is 2. The van der Waals surface area contributed by atoms with E-state index in [0.29, 0.717) is 25.9 Å². The molecule has 124 valence electrons. The van der Waals surface area contributed by atoms with Crippen molar-refractivity contribution in [2.24, 2.45) is 5.92 Å². The molecule has 1 aliphatic rings. The SMILES string of the molecule is CCCN(CC(=O)O)C(=O)C1CCN(c2cccc(Br)c2)C1=O. The third-order valence-electron chi connectivity index (χ3n) is 3.75. The second kappa shape index (κ2) is 7.59. The van der Waals surface area contributed by atoms with Crippen LogP contribution in [0, 0.1) is 5.92 Å². The van der Waals surface area contributed by atoms with Crippen molar-refractivity contribution in [2.75, 3.05) is 24.5 Å². The van der Waals surface area contributed by atoms with Crippen LogP contribution in [-0.2, 0) is 14.4 Å². The fourth-order valence-corrected chi connectivity index (χ4v) is 3.12. The van der Waals surface area contributed by atoms with Gasteiger partial charge in [-0.15, -0.1) is 0 Å². The van der Waals surface area contributed by atoms with Gasteiger partial charge in [-0.25, -0.2) is 0 Å². The molecule has 1 heterocycles. The van der Waals surface area contributed by atoms with Crippen molar-refractivity contribution in [1.29, 1.82) is 0 Å². The van der Waals surface area contributed by atoms with Crippen LogP contribution in [0.2, 0.25) is 0 Å². The number of carboxylic acids is 1. The minimum atomic E-state index is -1.07. The molecule has 1 fully saturated rings. The van der Waals surface area contributed by atoms with Gasteiger partial charge in [0.2, 0.25) is 11.8 Å². The molecule has 1 saturated heterocycles. The standard InChI is InChI=1S/C16H19BrN2O4/c1-2-7-18(10-14(20)21)15(22)13-6-8-19(16(13)23)12-5-3-4-11(17)9-12/h3-5,9,13H,2,6-8,10H2,1H3,(H,20,21). The van der Waals surface area contributed by atoms with Gasteiger partial charge in [0.05, 0.1) is 0 Å². The van der Waals surface area contributed by atoms with Crippen molar-refractivity contribution >= 4 is 39.4 Å². The van der Waals surface area contributed by atoms with Crippen LogP contribution >= 0.6 is 15.9 Å². The van der Waals surface area contributed by atoms with Crippen LogP contribution in [0.5, 0.6) is 0 Å². The first kappa shape index (κ1) is 17.5. The van der Waals surface area contributed by atoms with E-state index in [4.69, 9.17) is 5.11 Å². The summed E-state index contributed by atoms with van der Waals surface area (Å²) in [6.45, 7) is 2.30. The molecule has 0 spiro atoms. The number of hydrogen-bond acceptors (Lipinski definition) is 3. The predicted molar refractivity (Wildman–Crippen MR) is 89.1 cm³/mol. The van der Waals surface area contributed by atoms with Crippen molar-refractivity contribution in [2.45, 2.75) is 19.8 Å². The summed E-state index contributed by atoms with van der Waals surface area (Å²) >= 11 is 3.37. The van der Waals surface area contributed by atoms with Gasteiger partial charge in [-0.3, -0.25) is 14.4 Å². The zero-order chi connectivity index (χ0) is 17.0. The smallest absolute Gasteiger partial charge is 0.323 e. The molecule has 1 aromatic carbocycles. The van der Waals surface area contributed by atoms with Crippen molar-refractivity contribution in [1.82, 2.24) is 4.90 Å². The summed E-state index contributed by atoms with van der Waals surface area (Å²) in [5.41, 5.74) is 0.736. The summed E-state index contributed by atoms with van der Waals surface area (Å²) in [5.74, 6) is -2.52. The average Bonchev–Trinajstić information content (AvgIpc) is 2.87. The van der Waals surface area contributed by atoms with Crippen LogP contribution in [0.25, 0.3) is 0 Å². The van der Waals surface area contributed by atoms with Crippen molar-refractivity contribution < 1.29 is 19.5 Å². The molecule has 1 N–H and O–H groups in total. The molecule has 1 aliphatic heterocycles. The summed E-state index contributed by atoms with van der Waals surface area (Å²) < 4.78 is 0.857. The number of hydrogen-bond donors (Lipinski definition) is 1. The van der Waals surface area contributed by atoms with E-state index in [9.17, 15) is 14.4 Å². The minimum Gasteiger partial charge on any atom is -0.480 e. The van der Waals surface area contributed by atoms with E-state index in [0.717, 1.165) is 10.2 Å². The van der Waals surface area contributed by atoms with Gasteiger partial charge in [0.1, 0.15) is 12.5 Å². The molecular weight excluding hydrogens is 364 g/mol. The second-order valence-corrected chi connectivity index (χ2v) is 6.38. The van der Waals surface area contributed by atoms with E-state index in [-0.39, 0.29) is 12.5 Å². The van der Waals surface area contributed by atoms with Crippen LogP contribution in [0.3, 0.4) is 0 Å². The quantitative estimate of drug-likeness (QED) is 0.764. The van der Waals surface area contributed by atoms with Crippen LogP contribution < -0.4 is 4.90 Å². The fraction of sp³-hybridized carbons (Fsp3) is 0.438. The van der Waals surface area contributed by atoms with E-state index in [1.807, 2.05) is 31.2 Å². The number of nitrogens with zero attached hydrogens (tertiary/aromatic N) is 2. The monoisotopic (exact) mass is 382 g/mol. The predicted octanol–water partition coefficient (Wildman–Crippen LogP) is 2.13. The number of carboxylic acid groups (broad SMARTS) is 1. The lowest BCUT2D eigenvalue weighted by Crippen LogP contribution is -2.43. The lowest BCUT2D eigenvalue weighted by molar-refractivity contribution is -0.148. The van der Waals surface area contributed by atoms with Gasteiger partial charge in [0.25, 0.3) is 0 Å². The Bertz CT molecular complexity index is 620. The van der Waals surface area contributed by atoms with Crippen LogP contribution in [0.15, 0.2) is 28.7 Å². The highest BCUT2D eigenvalue weighted by Gasteiger charge is 2.39. The molecule has 0 aromatic heterocycles. The van der Waals surface area contributed by atoms with E-state index >= 15 is 0 Å². The fourth-order valence-electron chi connectivity index (χ4n) is 2.73. The van der Waals surface area contributed by atoms with Crippen LogP contribution in [0.4, 0.5) is 5.69 Å². The van der Waals surface area contributed by atoms with Gasteiger partial charge < -0.3 is 14.9 Å². The van der Waals surface area contributed by atoms with Gasteiger partial charge in [-0.05, 0) is 31.0 Å². The highest BCUT2D eigenvalue weighted by atomic mass is 79.9. The minimum absolute atomic E-state index is 0.264. The Kier molecular flexibility index (Phi) is 5.76. The van der Waals surface area contributed by atoms with Crippen molar-refractivity contribution in [3.05, 3.63) is 28.7 Å². The molecule has 2 rings (SSSR count). The Balaban J connectivity index is 2.13. The Morgan fingerprint density at radius 3 is 2.78 bits per heavy atom. The number of carbonyl (C=O) groups is 3. The summed E-state index contributed by atoms with van der Waals surface area (Å²) in [6.07, 6.45) is 1.05. The third-order valence-corrected chi connectivity index (χ3v) is 4.25. The number of benzene rings is 1. The molecule has 0 radical (unpaired) electrons. The molecule has 1 atom stereocenters. The molecule has 0 aliphatic carbocycles. The van der Waals surface area contributed by atoms with Gasteiger partial charge in [0.15, 0.2) is 0 Å². The summed E-state index contributed by atoms with van der Waals surface area (Å²) in [4.78, 5) is 38.9. The first-order valence-corrected chi connectivity index (χ1v) is 8.31. The molecule has 2 amide bonds. The number of rotatable bonds is 6. The van der Waals surface area contributed by atoms with Crippen LogP contribution in [0.1, 0.15) is 19.8 Å². The van der Waals surface area contributed by atoms with Gasteiger partial charge in [-0.1, -0.05) is 28.9 Å². The molecule has 1 aromatic rings. The third kappa shape index (κ3) is 4.10. The summed E-state index contributed by atoms with van der Waals surface area (Å²) in [5, 5.41) is 8.93. The molecular formula is C16H19BrN2O4. The zero-order valence-corrected chi connectivity index (χ0v) is 14.5. The van der Waals surface area contributed by atoms with Gasteiger partial charge >= 0.3 is 5.97 Å². The Labute approximate surface area is 143 Å². The number of aliphatic carboxylic acids is 1. The summed E-state index contributed by atoms with van der Waals surface area (Å²) in [7, 11) is 0. The Hall–Kier alpha value is -1.89. The molecule has 1 unspecified atom stereocenters. The molecule has 6 nitrogen and oxygen atoms in total. The molecule has 0 saturated carbocycles. The van der Waals surface area contributed by atoms with E-state index in [1.54, 1.807) is 4.90 Å². The second-order valence-electron chi connectivity index (χ2n) is 5.46. The Morgan fingerprint density at radius 2 is 2.17 bits per heavy atom. The van der Waals surface area contributed by atoms with Gasteiger partial charge in [-0.2, -0.15) is 0 Å². The average molecular weight is 383 g/mol. The lowest BCUT2D eigenvalue weighted by atomic mass is 10.1. The topological polar surface area (TPSA) is 77.9 Å². The number of anilines is 1. The first-order valence-electron chi connectivity index (χ1n) is 7.51. The van der Waals surface area contributed by atoms with E-state index in [1.165, 1.54) is 4.90 Å². The first-order chi connectivity index (χ1) is 10.9. The highest BCUT2D eigenvalue weighted by molar-refractivity contribution is 9.10. The normalized spacial score (nSPS) is 17.4. The molecule has 23 heavy (non-hydrogen) atoms. The molecule has 7 heteroatoms. The highest BCUT2D eigenvalue weighted by Crippen LogP contribution is 2.28. The maximum Gasteiger partial charge on any atom is 0.323 e. The number of amides is 2. The zero-order valence-electron chi connectivity index (χ0n) is 12.9. The Morgan fingerprint density at radius 1 is 1.43 bits per heavy atom. The largest absolute Gasteiger partial charge is 0.480 e. The van der Waals surface area contributed by atoms with Crippen molar-refractivity contribution in [3.8, 4) is 0 Å². The van der Waals surface area contributed by atoms with E-state index < -0.39 is 17.8 Å². The summed E-state index contributed by atoms with van der Waals surface area (Å²) in [6, 6.07) is 7.33. The van der Waals surface area contributed by atoms with Crippen molar-refractivity contribution in [3.63, 3.8) is 0 Å². The lowest BCUT2D eigenvalue weighted by Gasteiger charge is -2.23. The molecule has 0 bridgehead atoms. The maximum atomic E-state index is 12.6.